The van der Waals surface area contributed by atoms with E-state index < -0.39 is 11.7 Å². The zero-order valence-corrected chi connectivity index (χ0v) is 9.78. The Morgan fingerprint density at radius 3 is 2.50 bits per heavy atom. The highest BCUT2D eigenvalue weighted by atomic mass is 79.9. The molecule has 0 fully saturated rings. The Kier molecular flexibility index (Phi) is 2.82. The summed E-state index contributed by atoms with van der Waals surface area (Å²) in [5.41, 5.74) is -0.335. The van der Waals surface area contributed by atoms with Crippen LogP contribution in [0.25, 0.3) is 0 Å². The number of fused-ring (bicyclic) bond motifs is 1. The van der Waals surface area contributed by atoms with Crippen LogP contribution in [-0.4, -0.2) is 5.78 Å². The highest BCUT2D eigenvalue weighted by Crippen LogP contribution is 2.40. The lowest BCUT2D eigenvalue weighted by Gasteiger charge is -2.21. The summed E-state index contributed by atoms with van der Waals surface area (Å²) in [5.74, 6) is -0.195. The molecule has 0 bridgehead atoms. The number of hydrogen-bond donors (Lipinski definition) is 0. The van der Waals surface area contributed by atoms with Gasteiger partial charge in [-0.3, -0.25) is 4.79 Å². The van der Waals surface area contributed by atoms with E-state index in [1.165, 1.54) is 12.1 Å². The van der Waals surface area contributed by atoms with Crippen LogP contribution in [-0.2, 0) is 12.6 Å². The fourth-order valence-electron chi connectivity index (χ4n) is 2.01. The number of rotatable bonds is 0. The van der Waals surface area contributed by atoms with Crippen molar-refractivity contribution in [1.29, 1.82) is 0 Å². The van der Waals surface area contributed by atoms with Gasteiger partial charge >= 0.3 is 6.18 Å². The van der Waals surface area contributed by atoms with Crippen molar-refractivity contribution in [2.75, 3.05) is 0 Å². The van der Waals surface area contributed by atoms with E-state index >= 15 is 0 Å². The SMILES string of the molecule is O=C1CCCc2c1ccc(Br)c2C(F)(F)F. The number of alkyl halides is 3. The summed E-state index contributed by atoms with van der Waals surface area (Å²) in [6.07, 6.45) is -3.27. The molecule has 0 atom stereocenters. The molecule has 1 aromatic rings. The number of carbonyl (C=O) groups excluding carboxylic acids is 1. The Bertz CT molecular complexity index is 451. The second-order valence-corrected chi connectivity index (χ2v) is 4.58. The average molecular weight is 293 g/mol. The molecule has 5 heteroatoms. The van der Waals surface area contributed by atoms with Gasteiger partial charge in [0.25, 0.3) is 0 Å². The molecule has 0 spiro atoms. The Morgan fingerprint density at radius 1 is 1.19 bits per heavy atom. The van der Waals surface area contributed by atoms with E-state index in [4.69, 9.17) is 0 Å². The maximum absolute atomic E-state index is 12.8. The van der Waals surface area contributed by atoms with Gasteiger partial charge in [-0.1, -0.05) is 15.9 Å². The average Bonchev–Trinajstić information content (AvgIpc) is 2.15. The van der Waals surface area contributed by atoms with E-state index in [9.17, 15) is 18.0 Å². The first kappa shape index (κ1) is 11.6. The van der Waals surface area contributed by atoms with Crippen LogP contribution in [0, 0.1) is 0 Å². The van der Waals surface area contributed by atoms with Crippen LogP contribution >= 0.6 is 15.9 Å². The fourth-order valence-corrected chi connectivity index (χ4v) is 2.60. The summed E-state index contributed by atoms with van der Waals surface area (Å²) in [4.78, 5) is 11.5. The zero-order valence-electron chi connectivity index (χ0n) is 8.20. The van der Waals surface area contributed by atoms with Crippen molar-refractivity contribution >= 4 is 21.7 Å². The number of ketones is 1. The van der Waals surface area contributed by atoms with Gasteiger partial charge in [0, 0.05) is 16.5 Å². The normalized spacial score (nSPS) is 16.1. The van der Waals surface area contributed by atoms with Crippen molar-refractivity contribution in [3.05, 3.63) is 33.3 Å². The molecule has 0 heterocycles. The van der Waals surface area contributed by atoms with Gasteiger partial charge in [-0.2, -0.15) is 13.2 Å². The van der Waals surface area contributed by atoms with Crippen molar-refractivity contribution in [1.82, 2.24) is 0 Å². The lowest BCUT2D eigenvalue weighted by molar-refractivity contribution is -0.138. The summed E-state index contributed by atoms with van der Waals surface area (Å²) >= 11 is 2.90. The van der Waals surface area contributed by atoms with Crippen LogP contribution in [0.2, 0.25) is 0 Å². The van der Waals surface area contributed by atoms with Gasteiger partial charge in [-0.25, -0.2) is 0 Å². The largest absolute Gasteiger partial charge is 0.417 e. The molecule has 1 nitrogen and oxygen atoms in total. The first-order valence-electron chi connectivity index (χ1n) is 4.83. The molecule has 0 aliphatic heterocycles. The molecule has 0 saturated heterocycles. The van der Waals surface area contributed by atoms with Gasteiger partial charge in [0.15, 0.2) is 5.78 Å². The highest BCUT2D eigenvalue weighted by molar-refractivity contribution is 9.10. The van der Waals surface area contributed by atoms with E-state index in [-0.39, 0.29) is 21.4 Å². The smallest absolute Gasteiger partial charge is 0.294 e. The molecule has 0 amide bonds. The summed E-state index contributed by atoms with van der Waals surface area (Å²) in [7, 11) is 0. The monoisotopic (exact) mass is 292 g/mol. The van der Waals surface area contributed by atoms with Crippen LogP contribution in [0.3, 0.4) is 0 Å². The first-order chi connectivity index (χ1) is 7.41. The molecule has 1 aliphatic rings. The third-order valence-electron chi connectivity index (χ3n) is 2.68. The lowest BCUT2D eigenvalue weighted by atomic mass is 9.87. The van der Waals surface area contributed by atoms with E-state index in [2.05, 4.69) is 15.9 Å². The van der Waals surface area contributed by atoms with Gasteiger partial charge in [0.1, 0.15) is 0 Å². The minimum absolute atomic E-state index is 0.00782. The van der Waals surface area contributed by atoms with Crippen LogP contribution in [0.15, 0.2) is 16.6 Å². The number of benzene rings is 1. The van der Waals surface area contributed by atoms with Crippen molar-refractivity contribution in [3.8, 4) is 0 Å². The fraction of sp³-hybridized carbons (Fsp3) is 0.364. The Balaban J connectivity index is 2.68. The first-order valence-corrected chi connectivity index (χ1v) is 5.62. The second-order valence-electron chi connectivity index (χ2n) is 3.72. The topological polar surface area (TPSA) is 17.1 Å². The molecular weight excluding hydrogens is 285 g/mol. The van der Waals surface area contributed by atoms with Crippen LogP contribution in [0.1, 0.15) is 34.3 Å². The molecule has 16 heavy (non-hydrogen) atoms. The third-order valence-corrected chi connectivity index (χ3v) is 3.34. The standard InChI is InChI=1S/C11H8BrF3O/c12-8-5-4-6-7(2-1-3-9(6)16)10(8)11(13,14)15/h4-5H,1-3H2. The van der Waals surface area contributed by atoms with Gasteiger partial charge in [-0.05, 0) is 30.5 Å². The van der Waals surface area contributed by atoms with E-state index in [0.29, 0.717) is 19.3 Å². The molecule has 1 aromatic carbocycles. The summed E-state index contributed by atoms with van der Waals surface area (Å²) in [6, 6.07) is 2.76. The van der Waals surface area contributed by atoms with Crippen LogP contribution in [0.5, 0.6) is 0 Å². The minimum atomic E-state index is -4.41. The highest BCUT2D eigenvalue weighted by Gasteiger charge is 2.38. The number of hydrogen-bond acceptors (Lipinski definition) is 1. The van der Waals surface area contributed by atoms with E-state index in [1.807, 2.05) is 0 Å². The van der Waals surface area contributed by atoms with Crippen molar-refractivity contribution in [3.63, 3.8) is 0 Å². The molecule has 0 unspecified atom stereocenters. The Morgan fingerprint density at radius 2 is 1.88 bits per heavy atom. The minimum Gasteiger partial charge on any atom is -0.294 e. The second kappa shape index (κ2) is 3.87. The summed E-state index contributed by atoms with van der Waals surface area (Å²) < 4.78 is 38.5. The Hall–Kier alpha value is -0.840. The quantitative estimate of drug-likeness (QED) is 0.707. The van der Waals surface area contributed by atoms with Crippen LogP contribution in [0.4, 0.5) is 13.2 Å². The van der Waals surface area contributed by atoms with Crippen molar-refractivity contribution < 1.29 is 18.0 Å². The van der Waals surface area contributed by atoms with Gasteiger partial charge < -0.3 is 0 Å². The predicted molar refractivity (Wildman–Crippen MR) is 56.4 cm³/mol. The molecule has 0 aromatic heterocycles. The Labute approximate surface area is 98.8 Å². The van der Waals surface area contributed by atoms with Crippen LogP contribution < -0.4 is 0 Å². The number of halogens is 4. The molecule has 0 radical (unpaired) electrons. The summed E-state index contributed by atoms with van der Waals surface area (Å²) in [5, 5.41) is 0. The zero-order chi connectivity index (χ0) is 11.9. The molecular formula is C11H8BrF3O. The molecule has 86 valence electrons. The summed E-state index contributed by atoms with van der Waals surface area (Å²) in [6.45, 7) is 0. The van der Waals surface area contributed by atoms with Crippen molar-refractivity contribution in [2.24, 2.45) is 0 Å². The predicted octanol–water partition coefficient (Wildman–Crippen LogP) is 3.99. The molecule has 1 aliphatic carbocycles. The van der Waals surface area contributed by atoms with Gasteiger partial charge in [-0.15, -0.1) is 0 Å². The number of Topliss-reactive ketones (excluding diaryl/α,β-unsaturated/α-hetero) is 1. The van der Waals surface area contributed by atoms with Gasteiger partial charge in [0.2, 0.25) is 0 Å². The molecule has 2 rings (SSSR count). The molecule has 0 saturated carbocycles. The maximum atomic E-state index is 12.8. The van der Waals surface area contributed by atoms with Crippen molar-refractivity contribution in [2.45, 2.75) is 25.4 Å². The molecule has 0 N–H and O–H groups in total. The number of carbonyl (C=O) groups is 1. The van der Waals surface area contributed by atoms with E-state index in [1.54, 1.807) is 0 Å². The lowest BCUT2D eigenvalue weighted by Crippen LogP contribution is -2.18. The van der Waals surface area contributed by atoms with Gasteiger partial charge in [0.05, 0.1) is 5.56 Å². The third kappa shape index (κ3) is 1.88. The van der Waals surface area contributed by atoms with E-state index in [0.717, 1.165) is 0 Å². The maximum Gasteiger partial charge on any atom is 0.417 e.